The van der Waals surface area contributed by atoms with Crippen LogP contribution in [0.3, 0.4) is 0 Å². The Morgan fingerprint density at radius 2 is 2.13 bits per heavy atom. The minimum Gasteiger partial charge on any atom is -0.367 e. The normalized spacial score (nSPS) is 11.7. The summed E-state index contributed by atoms with van der Waals surface area (Å²) in [7, 11) is 0. The molecule has 78 valence electrons. The van der Waals surface area contributed by atoms with Crippen LogP contribution in [0.1, 0.15) is 19.7 Å². The molecule has 0 bridgehead atoms. The van der Waals surface area contributed by atoms with Crippen molar-refractivity contribution in [2.75, 3.05) is 0 Å². The zero-order chi connectivity index (χ0) is 10.9. The molecule has 0 spiro atoms. The van der Waals surface area contributed by atoms with Crippen LogP contribution in [0, 0.1) is 0 Å². The van der Waals surface area contributed by atoms with Crippen molar-refractivity contribution in [3.05, 3.63) is 36.5 Å². The van der Waals surface area contributed by atoms with Crippen molar-refractivity contribution in [3.8, 4) is 11.3 Å². The highest BCUT2D eigenvalue weighted by molar-refractivity contribution is 5.57. The summed E-state index contributed by atoms with van der Waals surface area (Å²) in [5.74, 6) is 0.654. The summed E-state index contributed by atoms with van der Waals surface area (Å²) in [5.41, 5.74) is 7.37. The molecule has 0 fully saturated rings. The summed E-state index contributed by atoms with van der Waals surface area (Å²) in [6.07, 6.45) is 5.50. The predicted octanol–water partition coefficient (Wildman–Crippen LogP) is 1.67. The number of aromatic amines is 1. The number of nitrogens with two attached hydrogens (primary N) is 1. The van der Waals surface area contributed by atoms with Gasteiger partial charge >= 0.3 is 0 Å². The number of nitrogens with zero attached hydrogens (tertiary/aromatic N) is 2. The molecule has 4 heteroatoms. The van der Waals surface area contributed by atoms with Crippen molar-refractivity contribution < 1.29 is 0 Å². The fraction of sp³-hybridized carbons (Fsp3) is 0.273. The monoisotopic (exact) mass is 202 g/mol. The van der Waals surface area contributed by atoms with Crippen LogP contribution in [-0.4, -0.2) is 15.0 Å². The Bertz CT molecular complexity index is 440. The maximum absolute atomic E-state index is 5.95. The fourth-order valence-corrected chi connectivity index (χ4v) is 1.31. The topological polar surface area (TPSA) is 67.6 Å². The van der Waals surface area contributed by atoms with Gasteiger partial charge in [-0.25, -0.2) is 9.97 Å². The number of hydrogen-bond donors (Lipinski definition) is 2. The lowest BCUT2D eigenvalue weighted by molar-refractivity contribution is 0.514. The largest absolute Gasteiger partial charge is 0.367 e. The first kappa shape index (κ1) is 9.86. The molecule has 0 aliphatic rings. The molecule has 2 aromatic heterocycles. The van der Waals surface area contributed by atoms with Crippen LogP contribution < -0.4 is 5.73 Å². The van der Waals surface area contributed by atoms with Gasteiger partial charge in [0.1, 0.15) is 5.82 Å². The Morgan fingerprint density at radius 1 is 1.33 bits per heavy atom. The van der Waals surface area contributed by atoms with Crippen LogP contribution in [-0.2, 0) is 5.54 Å². The SMILES string of the molecule is CC(C)(N)c1nccc(-c2cc[nH]c2)n1. The third-order valence-electron chi connectivity index (χ3n) is 2.13. The van der Waals surface area contributed by atoms with Crippen LogP contribution in [0.4, 0.5) is 0 Å². The van der Waals surface area contributed by atoms with E-state index in [4.69, 9.17) is 5.73 Å². The molecule has 2 rings (SSSR count). The van der Waals surface area contributed by atoms with Crippen molar-refractivity contribution in [1.82, 2.24) is 15.0 Å². The maximum Gasteiger partial charge on any atom is 0.148 e. The highest BCUT2D eigenvalue weighted by Crippen LogP contribution is 2.18. The second-order valence-corrected chi connectivity index (χ2v) is 4.09. The molecule has 2 heterocycles. The van der Waals surface area contributed by atoms with Crippen molar-refractivity contribution >= 4 is 0 Å². The molecule has 0 amide bonds. The molecular formula is C11H14N4. The lowest BCUT2D eigenvalue weighted by atomic mass is 10.1. The fourth-order valence-electron chi connectivity index (χ4n) is 1.31. The van der Waals surface area contributed by atoms with Crippen molar-refractivity contribution in [2.45, 2.75) is 19.4 Å². The second-order valence-electron chi connectivity index (χ2n) is 4.09. The lowest BCUT2D eigenvalue weighted by Gasteiger charge is -2.16. The molecule has 0 aliphatic heterocycles. The minimum absolute atomic E-state index is 0.508. The van der Waals surface area contributed by atoms with Crippen LogP contribution >= 0.6 is 0 Å². The Hall–Kier alpha value is -1.68. The Labute approximate surface area is 88.6 Å². The van der Waals surface area contributed by atoms with Gasteiger partial charge in [0.15, 0.2) is 0 Å². The summed E-state index contributed by atoms with van der Waals surface area (Å²) in [4.78, 5) is 11.6. The van der Waals surface area contributed by atoms with E-state index in [1.807, 2.05) is 38.4 Å². The number of H-pyrrole nitrogens is 1. The molecule has 0 radical (unpaired) electrons. The Morgan fingerprint density at radius 3 is 2.73 bits per heavy atom. The molecule has 4 nitrogen and oxygen atoms in total. The van der Waals surface area contributed by atoms with Crippen LogP contribution in [0.5, 0.6) is 0 Å². The number of hydrogen-bond acceptors (Lipinski definition) is 3. The van der Waals surface area contributed by atoms with Crippen LogP contribution in [0.15, 0.2) is 30.7 Å². The van der Waals surface area contributed by atoms with E-state index < -0.39 is 5.54 Å². The van der Waals surface area contributed by atoms with E-state index in [9.17, 15) is 0 Å². The highest BCUT2D eigenvalue weighted by Gasteiger charge is 2.18. The Kier molecular flexibility index (Phi) is 2.28. The van der Waals surface area contributed by atoms with E-state index in [1.54, 1.807) is 6.20 Å². The van der Waals surface area contributed by atoms with E-state index in [1.165, 1.54) is 0 Å². The second kappa shape index (κ2) is 3.47. The molecule has 15 heavy (non-hydrogen) atoms. The lowest BCUT2D eigenvalue weighted by Crippen LogP contribution is -2.31. The molecule has 0 saturated heterocycles. The summed E-state index contributed by atoms with van der Waals surface area (Å²) < 4.78 is 0. The van der Waals surface area contributed by atoms with Crippen LogP contribution in [0.25, 0.3) is 11.3 Å². The van der Waals surface area contributed by atoms with Gasteiger partial charge in [-0.05, 0) is 26.0 Å². The first-order valence-corrected chi connectivity index (χ1v) is 4.83. The van der Waals surface area contributed by atoms with Gasteiger partial charge in [-0.2, -0.15) is 0 Å². The van der Waals surface area contributed by atoms with Crippen LogP contribution in [0.2, 0.25) is 0 Å². The molecule has 0 atom stereocenters. The van der Waals surface area contributed by atoms with Gasteiger partial charge < -0.3 is 10.7 Å². The third-order valence-corrected chi connectivity index (χ3v) is 2.13. The van der Waals surface area contributed by atoms with Crippen molar-refractivity contribution in [3.63, 3.8) is 0 Å². The van der Waals surface area contributed by atoms with Gasteiger partial charge in [0.2, 0.25) is 0 Å². The van der Waals surface area contributed by atoms with Gasteiger partial charge in [0, 0.05) is 24.2 Å². The number of aromatic nitrogens is 3. The van der Waals surface area contributed by atoms with Gasteiger partial charge in [0.25, 0.3) is 0 Å². The van der Waals surface area contributed by atoms with E-state index in [2.05, 4.69) is 15.0 Å². The zero-order valence-electron chi connectivity index (χ0n) is 8.86. The molecule has 2 aromatic rings. The molecule has 0 aromatic carbocycles. The van der Waals surface area contributed by atoms with Gasteiger partial charge in [-0.1, -0.05) is 0 Å². The minimum atomic E-state index is -0.508. The standard InChI is InChI=1S/C11H14N4/c1-11(2,12)10-14-6-4-9(15-10)8-3-5-13-7-8/h3-7,13H,12H2,1-2H3. The zero-order valence-corrected chi connectivity index (χ0v) is 8.86. The maximum atomic E-state index is 5.95. The molecule has 0 unspecified atom stereocenters. The first-order valence-electron chi connectivity index (χ1n) is 4.83. The average Bonchev–Trinajstić information content (AvgIpc) is 2.69. The van der Waals surface area contributed by atoms with Gasteiger partial charge in [-0.15, -0.1) is 0 Å². The summed E-state index contributed by atoms with van der Waals surface area (Å²) in [6, 6.07) is 3.84. The molecule has 3 N–H and O–H groups in total. The summed E-state index contributed by atoms with van der Waals surface area (Å²) >= 11 is 0. The first-order chi connectivity index (χ1) is 7.07. The van der Waals surface area contributed by atoms with E-state index in [0.717, 1.165) is 11.3 Å². The average molecular weight is 202 g/mol. The van der Waals surface area contributed by atoms with Crippen molar-refractivity contribution in [1.29, 1.82) is 0 Å². The summed E-state index contributed by atoms with van der Waals surface area (Å²) in [6.45, 7) is 3.78. The smallest absolute Gasteiger partial charge is 0.148 e. The van der Waals surface area contributed by atoms with Crippen molar-refractivity contribution in [2.24, 2.45) is 5.73 Å². The van der Waals surface area contributed by atoms with Gasteiger partial charge in [0.05, 0.1) is 11.2 Å². The highest BCUT2D eigenvalue weighted by atomic mass is 15.0. The molecular weight excluding hydrogens is 188 g/mol. The number of rotatable bonds is 2. The predicted molar refractivity (Wildman–Crippen MR) is 59.0 cm³/mol. The van der Waals surface area contributed by atoms with E-state index in [-0.39, 0.29) is 0 Å². The quantitative estimate of drug-likeness (QED) is 0.778. The molecule has 0 aliphatic carbocycles. The third kappa shape index (κ3) is 2.05. The van der Waals surface area contributed by atoms with E-state index in [0.29, 0.717) is 5.82 Å². The van der Waals surface area contributed by atoms with E-state index >= 15 is 0 Å². The summed E-state index contributed by atoms with van der Waals surface area (Å²) in [5, 5.41) is 0. The molecule has 0 saturated carbocycles. The Balaban J connectivity index is 2.44. The number of nitrogens with one attached hydrogen (secondary N) is 1. The van der Waals surface area contributed by atoms with Gasteiger partial charge in [-0.3, -0.25) is 0 Å².